The van der Waals surface area contributed by atoms with E-state index in [-0.39, 0.29) is 25.1 Å². The van der Waals surface area contributed by atoms with Gasteiger partial charge in [0.2, 0.25) is 0 Å². The molecule has 4 heteroatoms. The van der Waals surface area contributed by atoms with Gasteiger partial charge in [-0.1, -0.05) is 18.2 Å². The SMILES string of the molecule is Cl.N[C@H](CCO)c1ccnc2ccccc12. The van der Waals surface area contributed by atoms with Gasteiger partial charge in [0.05, 0.1) is 5.52 Å². The van der Waals surface area contributed by atoms with Gasteiger partial charge in [-0.15, -0.1) is 12.4 Å². The van der Waals surface area contributed by atoms with E-state index in [9.17, 15) is 0 Å². The maximum absolute atomic E-state index is 8.87. The first kappa shape index (κ1) is 12.9. The number of aromatic nitrogens is 1. The molecule has 2 aromatic rings. The molecule has 1 aromatic carbocycles. The quantitative estimate of drug-likeness (QED) is 0.860. The van der Waals surface area contributed by atoms with Crippen LogP contribution in [0.5, 0.6) is 0 Å². The minimum atomic E-state index is -0.122. The molecule has 3 N–H and O–H groups in total. The molecule has 1 aromatic heterocycles. The second-order valence-electron chi connectivity index (χ2n) is 3.54. The summed E-state index contributed by atoms with van der Waals surface area (Å²) in [7, 11) is 0. The number of aliphatic hydroxyl groups excluding tert-OH is 1. The Kier molecular flexibility index (Phi) is 4.68. The van der Waals surface area contributed by atoms with Gasteiger partial charge in [-0.3, -0.25) is 4.98 Å². The first-order chi connectivity index (χ1) is 7.33. The summed E-state index contributed by atoms with van der Waals surface area (Å²) in [4.78, 5) is 4.27. The Bertz CT molecular complexity index is 456. The van der Waals surface area contributed by atoms with Gasteiger partial charge in [-0.05, 0) is 24.1 Å². The van der Waals surface area contributed by atoms with Crippen LogP contribution in [-0.4, -0.2) is 16.7 Å². The fraction of sp³-hybridized carbons (Fsp3) is 0.250. The highest BCUT2D eigenvalue weighted by atomic mass is 35.5. The van der Waals surface area contributed by atoms with Crippen LogP contribution in [-0.2, 0) is 0 Å². The van der Waals surface area contributed by atoms with E-state index in [0.29, 0.717) is 6.42 Å². The maximum Gasteiger partial charge on any atom is 0.0705 e. The fourth-order valence-corrected chi connectivity index (χ4v) is 1.74. The van der Waals surface area contributed by atoms with Gasteiger partial charge in [0.1, 0.15) is 0 Å². The Balaban J connectivity index is 0.00000128. The summed E-state index contributed by atoms with van der Waals surface area (Å²) in [5.74, 6) is 0. The molecule has 0 aliphatic heterocycles. The Hall–Kier alpha value is -1.16. The minimum Gasteiger partial charge on any atom is -0.396 e. The molecular weight excluding hydrogens is 224 g/mol. The molecule has 1 atom stereocenters. The number of nitrogens with zero attached hydrogens (tertiary/aromatic N) is 1. The predicted molar refractivity (Wildman–Crippen MR) is 67.6 cm³/mol. The number of hydrogen-bond donors (Lipinski definition) is 2. The summed E-state index contributed by atoms with van der Waals surface area (Å²) in [6.07, 6.45) is 2.34. The Morgan fingerprint density at radius 2 is 2.00 bits per heavy atom. The van der Waals surface area contributed by atoms with E-state index >= 15 is 0 Å². The smallest absolute Gasteiger partial charge is 0.0705 e. The summed E-state index contributed by atoms with van der Waals surface area (Å²) in [5.41, 5.74) is 7.98. The van der Waals surface area contributed by atoms with Crippen LogP contribution < -0.4 is 5.73 Å². The molecule has 0 aliphatic rings. The first-order valence-corrected chi connectivity index (χ1v) is 5.03. The van der Waals surface area contributed by atoms with Crippen LogP contribution in [0.3, 0.4) is 0 Å². The minimum absolute atomic E-state index is 0. The van der Waals surface area contributed by atoms with E-state index in [1.165, 1.54) is 0 Å². The van der Waals surface area contributed by atoms with Gasteiger partial charge < -0.3 is 10.8 Å². The number of fused-ring (bicyclic) bond motifs is 1. The van der Waals surface area contributed by atoms with Crippen LogP contribution in [0.15, 0.2) is 36.5 Å². The Morgan fingerprint density at radius 3 is 2.75 bits per heavy atom. The third-order valence-electron chi connectivity index (χ3n) is 2.52. The molecule has 0 bridgehead atoms. The lowest BCUT2D eigenvalue weighted by atomic mass is 10.0. The predicted octanol–water partition coefficient (Wildman–Crippen LogP) is 2.04. The summed E-state index contributed by atoms with van der Waals surface area (Å²) in [6, 6.07) is 9.70. The van der Waals surface area contributed by atoms with Crippen LogP contribution in [0.4, 0.5) is 0 Å². The molecule has 86 valence electrons. The van der Waals surface area contributed by atoms with E-state index in [1.54, 1.807) is 6.20 Å². The molecule has 0 unspecified atom stereocenters. The van der Waals surface area contributed by atoms with E-state index in [4.69, 9.17) is 10.8 Å². The van der Waals surface area contributed by atoms with Crippen LogP contribution in [0, 0.1) is 0 Å². The Labute approximate surface area is 101 Å². The van der Waals surface area contributed by atoms with Crippen molar-refractivity contribution in [1.82, 2.24) is 4.98 Å². The summed E-state index contributed by atoms with van der Waals surface area (Å²) in [6.45, 7) is 0.109. The third-order valence-corrected chi connectivity index (χ3v) is 2.52. The van der Waals surface area contributed by atoms with Crippen molar-refractivity contribution in [2.45, 2.75) is 12.5 Å². The van der Waals surface area contributed by atoms with Gasteiger partial charge in [-0.2, -0.15) is 0 Å². The molecule has 0 fully saturated rings. The largest absolute Gasteiger partial charge is 0.396 e. The van der Waals surface area contributed by atoms with Gasteiger partial charge in [0.15, 0.2) is 0 Å². The molecule has 16 heavy (non-hydrogen) atoms. The number of rotatable bonds is 3. The lowest BCUT2D eigenvalue weighted by Crippen LogP contribution is -2.12. The zero-order valence-electron chi connectivity index (χ0n) is 8.84. The molecule has 1 heterocycles. The van der Waals surface area contributed by atoms with Crippen molar-refractivity contribution in [3.05, 3.63) is 42.1 Å². The summed E-state index contributed by atoms with van der Waals surface area (Å²) in [5, 5.41) is 9.94. The topological polar surface area (TPSA) is 59.1 Å². The monoisotopic (exact) mass is 238 g/mol. The number of para-hydroxylation sites is 1. The van der Waals surface area contributed by atoms with E-state index < -0.39 is 0 Å². The van der Waals surface area contributed by atoms with Gasteiger partial charge >= 0.3 is 0 Å². The molecule has 0 radical (unpaired) electrons. The lowest BCUT2D eigenvalue weighted by Gasteiger charge is -2.12. The van der Waals surface area contributed by atoms with Crippen LogP contribution in [0.1, 0.15) is 18.0 Å². The molecule has 0 saturated carbocycles. The highest BCUT2D eigenvalue weighted by Crippen LogP contribution is 2.22. The molecule has 3 nitrogen and oxygen atoms in total. The van der Waals surface area contributed by atoms with Crippen LogP contribution in [0.25, 0.3) is 10.9 Å². The molecular formula is C12H15ClN2O. The zero-order chi connectivity index (χ0) is 10.7. The molecule has 2 rings (SSSR count). The van der Waals surface area contributed by atoms with Crippen LogP contribution >= 0.6 is 12.4 Å². The number of hydrogen-bond acceptors (Lipinski definition) is 3. The average molecular weight is 239 g/mol. The fourth-order valence-electron chi connectivity index (χ4n) is 1.74. The van der Waals surface area contributed by atoms with E-state index in [2.05, 4.69) is 4.98 Å². The second-order valence-corrected chi connectivity index (χ2v) is 3.54. The normalized spacial score (nSPS) is 12.1. The second kappa shape index (κ2) is 5.80. The standard InChI is InChI=1S/C12H14N2O.ClH/c13-11(6-8-15)9-5-7-14-12-4-2-1-3-10(9)12;/h1-5,7,11,15H,6,8,13H2;1H/t11-;/m1./s1. The summed E-state index contributed by atoms with van der Waals surface area (Å²) < 4.78 is 0. The van der Waals surface area contributed by atoms with Gasteiger partial charge in [-0.25, -0.2) is 0 Å². The number of aliphatic hydroxyl groups is 1. The molecule has 0 saturated heterocycles. The van der Waals surface area contributed by atoms with Crippen molar-refractivity contribution in [2.24, 2.45) is 5.73 Å². The highest BCUT2D eigenvalue weighted by molar-refractivity contribution is 5.85. The molecule has 0 amide bonds. The van der Waals surface area contributed by atoms with Crippen LogP contribution in [0.2, 0.25) is 0 Å². The number of pyridine rings is 1. The van der Waals surface area contributed by atoms with Gasteiger partial charge in [0.25, 0.3) is 0 Å². The summed E-state index contributed by atoms with van der Waals surface area (Å²) >= 11 is 0. The van der Waals surface area contributed by atoms with Crippen molar-refractivity contribution >= 4 is 23.3 Å². The zero-order valence-corrected chi connectivity index (χ0v) is 9.65. The Morgan fingerprint density at radius 1 is 1.25 bits per heavy atom. The maximum atomic E-state index is 8.87. The molecule has 0 aliphatic carbocycles. The van der Waals surface area contributed by atoms with Crippen molar-refractivity contribution < 1.29 is 5.11 Å². The number of benzene rings is 1. The van der Waals surface area contributed by atoms with Gasteiger partial charge in [0, 0.05) is 24.2 Å². The number of nitrogens with two attached hydrogens (primary N) is 1. The number of halogens is 1. The van der Waals surface area contributed by atoms with Crippen molar-refractivity contribution in [1.29, 1.82) is 0 Å². The van der Waals surface area contributed by atoms with E-state index in [1.807, 2.05) is 30.3 Å². The van der Waals surface area contributed by atoms with Crippen molar-refractivity contribution in [2.75, 3.05) is 6.61 Å². The average Bonchev–Trinajstić information content (AvgIpc) is 2.28. The highest BCUT2D eigenvalue weighted by Gasteiger charge is 2.08. The third kappa shape index (κ3) is 2.50. The first-order valence-electron chi connectivity index (χ1n) is 5.03. The molecule has 0 spiro atoms. The van der Waals surface area contributed by atoms with E-state index in [0.717, 1.165) is 16.5 Å². The van der Waals surface area contributed by atoms with Crippen molar-refractivity contribution in [3.8, 4) is 0 Å². The van der Waals surface area contributed by atoms with Crippen molar-refractivity contribution in [3.63, 3.8) is 0 Å². The lowest BCUT2D eigenvalue weighted by molar-refractivity contribution is 0.277.